The third-order valence-electron chi connectivity index (χ3n) is 4.02. The van der Waals surface area contributed by atoms with E-state index in [4.69, 9.17) is 9.47 Å². The number of nitrogens with one attached hydrogen (secondary N) is 1. The molecule has 1 aliphatic carbocycles. The first kappa shape index (κ1) is 18.8. The zero-order chi connectivity index (χ0) is 18.1. The van der Waals surface area contributed by atoms with Gasteiger partial charge < -0.3 is 19.9 Å². The highest BCUT2D eigenvalue weighted by molar-refractivity contribution is 5.85. The Labute approximate surface area is 146 Å². The van der Waals surface area contributed by atoms with Gasteiger partial charge in [0.25, 0.3) is 0 Å². The van der Waals surface area contributed by atoms with Gasteiger partial charge in [0, 0.05) is 0 Å². The third kappa shape index (κ3) is 6.82. The van der Waals surface area contributed by atoms with Crippen LogP contribution in [0.4, 0.5) is 4.79 Å². The van der Waals surface area contributed by atoms with Crippen molar-refractivity contribution in [3.8, 4) is 0 Å². The number of hydrogen-bond acceptors (Lipinski definition) is 5. The van der Waals surface area contributed by atoms with Crippen molar-refractivity contribution in [3.05, 3.63) is 35.9 Å². The monoisotopic (exact) mass is 349 g/mol. The first-order chi connectivity index (χ1) is 12.0. The normalized spacial score (nSPS) is 15.8. The molecular weight excluding hydrogens is 326 g/mol. The van der Waals surface area contributed by atoms with Gasteiger partial charge in [0.2, 0.25) is 0 Å². The van der Waals surface area contributed by atoms with Crippen LogP contribution in [0.2, 0.25) is 0 Å². The Bertz CT molecular complexity index is 582. The number of aliphatic carboxylic acids is 1. The summed E-state index contributed by atoms with van der Waals surface area (Å²) in [7, 11) is 0. The molecule has 1 saturated carbocycles. The molecule has 2 N–H and O–H groups in total. The third-order valence-corrected chi connectivity index (χ3v) is 4.02. The molecular formula is C18H23NO6. The number of alkyl carbamates (subject to hydrolysis) is 1. The fraction of sp³-hybridized carbons (Fsp3) is 0.500. The summed E-state index contributed by atoms with van der Waals surface area (Å²) in [6.07, 6.45) is 3.27. The molecule has 1 aliphatic rings. The standard InChI is InChI=1S/C18H23NO6/c20-16(25-14-9-5-2-6-10-14)11-15(17(21)22)19-18(23)24-12-13-7-3-1-4-8-13/h1,3-4,7-8,14-15H,2,5-6,9-12H2,(H,19,23)(H,21,22)/t15-/m0/s1. The molecule has 0 heterocycles. The summed E-state index contributed by atoms with van der Waals surface area (Å²) in [5.41, 5.74) is 0.779. The summed E-state index contributed by atoms with van der Waals surface area (Å²) in [6, 6.07) is 7.63. The van der Waals surface area contributed by atoms with Crippen molar-refractivity contribution in [1.82, 2.24) is 5.32 Å². The molecule has 0 radical (unpaired) electrons. The van der Waals surface area contributed by atoms with Crippen molar-refractivity contribution >= 4 is 18.0 Å². The van der Waals surface area contributed by atoms with Crippen LogP contribution in [-0.2, 0) is 25.7 Å². The van der Waals surface area contributed by atoms with E-state index < -0.39 is 30.5 Å². The van der Waals surface area contributed by atoms with Crippen LogP contribution in [0, 0.1) is 0 Å². The predicted octanol–water partition coefficient (Wildman–Crippen LogP) is 2.63. The molecule has 7 nitrogen and oxygen atoms in total. The Kier molecular flexibility index (Phi) is 7.25. The van der Waals surface area contributed by atoms with Crippen LogP contribution in [0.1, 0.15) is 44.1 Å². The van der Waals surface area contributed by atoms with Gasteiger partial charge in [0.15, 0.2) is 0 Å². The molecule has 25 heavy (non-hydrogen) atoms. The van der Waals surface area contributed by atoms with Crippen LogP contribution in [0.25, 0.3) is 0 Å². The first-order valence-electron chi connectivity index (χ1n) is 8.44. The molecule has 136 valence electrons. The topological polar surface area (TPSA) is 102 Å². The number of carbonyl (C=O) groups is 3. The van der Waals surface area contributed by atoms with Gasteiger partial charge in [-0.1, -0.05) is 36.8 Å². The molecule has 1 aromatic rings. The number of benzene rings is 1. The summed E-state index contributed by atoms with van der Waals surface area (Å²) >= 11 is 0. The number of ether oxygens (including phenoxy) is 2. The van der Waals surface area contributed by atoms with Crippen molar-refractivity contribution < 1.29 is 29.0 Å². The van der Waals surface area contributed by atoms with Gasteiger partial charge in [0.1, 0.15) is 18.8 Å². The maximum atomic E-state index is 11.9. The Morgan fingerprint density at radius 3 is 2.44 bits per heavy atom. The smallest absolute Gasteiger partial charge is 0.408 e. The maximum Gasteiger partial charge on any atom is 0.408 e. The van der Waals surface area contributed by atoms with Gasteiger partial charge in [-0.3, -0.25) is 4.79 Å². The number of hydrogen-bond donors (Lipinski definition) is 2. The van der Waals surface area contributed by atoms with Gasteiger partial charge in [-0.25, -0.2) is 9.59 Å². The quantitative estimate of drug-likeness (QED) is 0.734. The van der Waals surface area contributed by atoms with E-state index in [2.05, 4.69) is 5.32 Å². The Balaban J connectivity index is 1.77. The lowest BCUT2D eigenvalue weighted by molar-refractivity contribution is -0.154. The van der Waals surface area contributed by atoms with E-state index in [1.54, 1.807) is 24.3 Å². The molecule has 1 fully saturated rings. The molecule has 0 spiro atoms. The molecule has 1 atom stereocenters. The molecule has 2 rings (SSSR count). The highest BCUT2D eigenvalue weighted by Crippen LogP contribution is 2.20. The lowest BCUT2D eigenvalue weighted by Gasteiger charge is -2.22. The minimum Gasteiger partial charge on any atom is -0.480 e. The van der Waals surface area contributed by atoms with Gasteiger partial charge >= 0.3 is 18.0 Å². The van der Waals surface area contributed by atoms with Gasteiger partial charge in [-0.15, -0.1) is 0 Å². The minimum atomic E-state index is -1.38. The number of carboxylic acids is 1. The molecule has 1 aromatic carbocycles. The van der Waals surface area contributed by atoms with E-state index in [0.29, 0.717) is 0 Å². The van der Waals surface area contributed by atoms with Crippen LogP contribution < -0.4 is 5.32 Å². The average Bonchev–Trinajstić information content (AvgIpc) is 2.61. The van der Waals surface area contributed by atoms with E-state index in [1.165, 1.54) is 0 Å². The summed E-state index contributed by atoms with van der Waals surface area (Å²) in [6.45, 7) is 0.0194. The fourth-order valence-electron chi connectivity index (χ4n) is 2.69. The number of amides is 1. The second kappa shape index (κ2) is 9.66. The zero-order valence-electron chi connectivity index (χ0n) is 14.0. The SMILES string of the molecule is O=C(C[C@H](NC(=O)OCc1ccccc1)C(=O)O)OC1CCCCC1. The van der Waals surface area contributed by atoms with Crippen molar-refractivity contribution in [2.24, 2.45) is 0 Å². The Hall–Kier alpha value is -2.57. The van der Waals surface area contributed by atoms with Crippen LogP contribution in [0.15, 0.2) is 30.3 Å². The van der Waals surface area contributed by atoms with Crippen molar-refractivity contribution in [1.29, 1.82) is 0 Å². The molecule has 1 amide bonds. The fourth-order valence-corrected chi connectivity index (χ4v) is 2.69. The lowest BCUT2D eigenvalue weighted by Crippen LogP contribution is -2.43. The molecule has 0 unspecified atom stereocenters. The van der Waals surface area contributed by atoms with Gasteiger partial charge in [-0.05, 0) is 31.2 Å². The molecule has 0 aliphatic heterocycles. The van der Waals surface area contributed by atoms with Crippen LogP contribution in [0.3, 0.4) is 0 Å². The van der Waals surface area contributed by atoms with E-state index >= 15 is 0 Å². The molecule has 0 bridgehead atoms. The minimum absolute atomic E-state index is 0.0194. The predicted molar refractivity (Wildman–Crippen MR) is 88.8 cm³/mol. The van der Waals surface area contributed by atoms with Crippen molar-refractivity contribution in [3.63, 3.8) is 0 Å². The van der Waals surface area contributed by atoms with Crippen LogP contribution in [0.5, 0.6) is 0 Å². The molecule has 0 saturated heterocycles. The second-order valence-electron chi connectivity index (χ2n) is 6.05. The number of esters is 1. The van der Waals surface area contributed by atoms with E-state index in [9.17, 15) is 19.5 Å². The van der Waals surface area contributed by atoms with Crippen LogP contribution in [-0.4, -0.2) is 35.3 Å². The summed E-state index contributed by atoms with van der Waals surface area (Å²) in [4.78, 5) is 34.9. The van der Waals surface area contributed by atoms with Crippen molar-refractivity contribution in [2.75, 3.05) is 0 Å². The highest BCUT2D eigenvalue weighted by Gasteiger charge is 2.26. The van der Waals surface area contributed by atoms with Gasteiger partial charge in [0.05, 0.1) is 6.42 Å². The van der Waals surface area contributed by atoms with E-state index in [1.807, 2.05) is 6.07 Å². The largest absolute Gasteiger partial charge is 0.480 e. The van der Waals surface area contributed by atoms with E-state index in [-0.39, 0.29) is 12.7 Å². The highest BCUT2D eigenvalue weighted by atomic mass is 16.6. The molecule has 0 aromatic heterocycles. The number of rotatable bonds is 7. The Morgan fingerprint density at radius 1 is 1.12 bits per heavy atom. The maximum absolute atomic E-state index is 11.9. The van der Waals surface area contributed by atoms with Crippen molar-refractivity contribution in [2.45, 2.75) is 57.3 Å². The zero-order valence-corrected chi connectivity index (χ0v) is 14.0. The van der Waals surface area contributed by atoms with E-state index in [0.717, 1.165) is 37.7 Å². The lowest BCUT2D eigenvalue weighted by atomic mass is 9.98. The molecule has 7 heteroatoms. The summed E-state index contributed by atoms with van der Waals surface area (Å²) in [5, 5.41) is 11.4. The number of carbonyl (C=O) groups excluding carboxylic acids is 2. The second-order valence-corrected chi connectivity index (χ2v) is 6.05. The first-order valence-corrected chi connectivity index (χ1v) is 8.44. The summed E-state index contributed by atoms with van der Waals surface area (Å²) in [5.74, 6) is -1.93. The summed E-state index contributed by atoms with van der Waals surface area (Å²) < 4.78 is 10.3. The number of carboxylic acid groups (broad SMARTS) is 1. The van der Waals surface area contributed by atoms with Crippen LogP contribution >= 0.6 is 0 Å². The Morgan fingerprint density at radius 2 is 1.80 bits per heavy atom. The average molecular weight is 349 g/mol. The van der Waals surface area contributed by atoms with Gasteiger partial charge in [-0.2, -0.15) is 0 Å².